The van der Waals surface area contributed by atoms with Crippen LogP contribution >= 0.6 is 0 Å². The Bertz CT molecular complexity index is 152. The van der Waals surface area contributed by atoms with Crippen molar-refractivity contribution < 1.29 is 18.6 Å². The Labute approximate surface area is 127 Å². The number of rotatable bonds is 17. The molecular formula is C15H32O4Si. The molecule has 2 radical (unpaired) electrons. The fourth-order valence-corrected chi connectivity index (χ4v) is 2.10. The van der Waals surface area contributed by atoms with Crippen LogP contribution < -0.4 is 0 Å². The summed E-state index contributed by atoms with van der Waals surface area (Å²) in [5.74, 6) is 0. The standard InChI is InChI=1S/C15H32O4Si/c1-3-5-6-7-8-16-9-10-17-11-12-18-13-14-19-20-15-4-2/h3-15H2,1-2H3. The van der Waals surface area contributed by atoms with E-state index in [1.807, 2.05) is 0 Å². The maximum atomic E-state index is 5.48. The van der Waals surface area contributed by atoms with Crippen LogP contribution in [0.3, 0.4) is 0 Å². The van der Waals surface area contributed by atoms with Crippen LogP contribution in [0.25, 0.3) is 0 Å². The van der Waals surface area contributed by atoms with E-state index >= 15 is 0 Å². The third kappa shape index (κ3) is 18.1. The van der Waals surface area contributed by atoms with E-state index in [9.17, 15) is 0 Å². The van der Waals surface area contributed by atoms with Gasteiger partial charge in [-0.3, -0.25) is 0 Å². The highest BCUT2D eigenvalue weighted by molar-refractivity contribution is 6.26. The van der Waals surface area contributed by atoms with Gasteiger partial charge in [0.25, 0.3) is 0 Å². The molecule has 0 aliphatic heterocycles. The lowest BCUT2D eigenvalue weighted by Crippen LogP contribution is -2.12. The van der Waals surface area contributed by atoms with Crippen LogP contribution in [0.4, 0.5) is 0 Å². The first kappa shape index (κ1) is 20.1. The summed E-state index contributed by atoms with van der Waals surface area (Å²) in [4.78, 5) is 0. The number of ether oxygens (including phenoxy) is 3. The van der Waals surface area contributed by atoms with E-state index in [1.54, 1.807) is 0 Å². The molecule has 120 valence electrons. The van der Waals surface area contributed by atoms with Crippen LogP contribution in [0.1, 0.15) is 46.0 Å². The zero-order valence-corrected chi connectivity index (χ0v) is 14.3. The summed E-state index contributed by atoms with van der Waals surface area (Å²) in [6.07, 6.45) is 6.20. The first-order chi connectivity index (χ1) is 9.91. The lowest BCUT2D eigenvalue weighted by atomic mass is 10.2. The average molecular weight is 305 g/mol. The molecule has 0 aromatic carbocycles. The van der Waals surface area contributed by atoms with E-state index in [-0.39, 0.29) is 0 Å². The van der Waals surface area contributed by atoms with Gasteiger partial charge in [0.1, 0.15) is 0 Å². The van der Waals surface area contributed by atoms with Crippen LogP contribution in [0.5, 0.6) is 0 Å². The zero-order chi connectivity index (χ0) is 14.7. The first-order valence-electron chi connectivity index (χ1n) is 7.99. The first-order valence-corrected chi connectivity index (χ1v) is 9.11. The molecule has 0 saturated carbocycles. The van der Waals surface area contributed by atoms with Crippen LogP contribution in [0.2, 0.25) is 6.04 Å². The largest absolute Gasteiger partial charge is 0.415 e. The van der Waals surface area contributed by atoms with Gasteiger partial charge in [-0.25, -0.2) is 0 Å². The molecule has 0 aliphatic rings. The number of unbranched alkanes of at least 4 members (excludes halogenated alkanes) is 3. The Morgan fingerprint density at radius 3 is 1.80 bits per heavy atom. The van der Waals surface area contributed by atoms with Gasteiger partial charge in [-0.15, -0.1) is 0 Å². The van der Waals surface area contributed by atoms with E-state index in [2.05, 4.69) is 13.8 Å². The fourth-order valence-electron chi connectivity index (χ4n) is 1.52. The summed E-state index contributed by atoms with van der Waals surface area (Å²) in [6, 6.07) is 1.15. The van der Waals surface area contributed by atoms with Crippen molar-refractivity contribution in [2.24, 2.45) is 0 Å². The van der Waals surface area contributed by atoms with Gasteiger partial charge < -0.3 is 18.6 Å². The summed E-state index contributed by atoms with van der Waals surface area (Å²) in [5.41, 5.74) is 0. The maximum absolute atomic E-state index is 5.48. The minimum absolute atomic E-state index is 0.616. The third-order valence-corrected chi connectivity index (χ3v) is 3.78. The molecule has 0 amide bonds. The van der Waals surface area contributed by atoms with Crippen molar-refractivity contribution in [1.82, 2.24) is 0 Å². The lowest BCUT2D eigenvalue weighted by Gasteiger charge is -2.07. The second kappa shape index (κ2) is 19.1. The predicted molar refractivity (Wildman–Crippen MR) is 83.4 cm³/mol. The number of hydrogen-bond donors (Lipinski definition) is 0. The van der Waals surface area contributed by atoms with E-state index < -0.39 is 0 Å². The molecule has 0 aliphatic carbocycles. The highest BCUT2D eigenvalue weighted by Crippen LogP contribution is 1.98. The minimum Gasteiger partial charge on any atom is -0.415 e. The zero-order valence-electron chi connectivity index (χ0n) is 13.3. The van der Waals surface area contributed by atoms with Crippen molar-refractivity contribution in [2.45, 2.75) is 52.0 Å². The summed E-state index contributed by atoms with van der Waals surface area (Å²) in [7, 11) is 0.616. The Balaban J connectivity index is 2.89. The fraction of sp³-hybridized carbons (Fsp3) is 1.00. The van der Waals surface area contributed by atoms with E-state index in [0.29, 0.717) is 49.4 Å². The van der Waals surface area contributed by atoms with Crippen LogP contribution in [0, 0.1) is 0 Å². The van der Waals surface area contributed by atoms with Gasteiger partial charge in [0, 0.05) is 6.61 Å². The van der Waals surface area contributed by atoms with Gasteiger partial charge >= 0.3 is 0 Å². The van der Waals surface area contributed by atoms with Gasteiger partial charge in [0.05, 0.1) is 39.6 Å². The molecule has 0 atom stereocenters. The third-order valence-electron chi connectivity index (χ3n) is 2.67. The van der Waals surface area contributed by atoms with Crippen molar-refractivity contribution in [3.05, 3.63) is 0 Å². The van der Waals surface area contributed by atoms with Crippen molar-refractivity contribution in [1.29, 1.82) is 0 Å². The molecule has 0 saturated heterocycles. The molecule has 5 heteroatoms. The monoisotopic (exact) mass is 304 g/mol. The molecule has 0 N–H and O–H groups in total. The molecule has 0 aromatic heterocycles. The highest BCUT2D eigenvalue weighted by atomic mass is 28.2. The normalized spacial score (nSPS) is 11.1. The smallest absolute Gasteiger partial charge is 0.229 e. The molecule has 0 aromatic rings. The van der Waals surface area contributed by atoms with Crippen LogP contribution in [0.15, 0.2) is 0 Å². The van der Waals surface area contributed by atoms with Gasteiger partial charge in [0.15, 0.2) is 0 Å². The molecular weight excluding hydrogens is 272 g/mol. The molecule has 0 unspecified atom stereocenters. The summed E-state index contributed by atoms with van der Waals surface area (Å²) < 4.78 is 21.7. The molecule has 0 fully saturated rings. The van der Waals surface area contributed by atoms with Gasteiger partial charge in [-0.05, 0) is 12.5 Å². The quantitative estimate of drug-likeness (QED) is 0.306. The van der Waals surface area contributed by atoms with E-state index in [4.69, 9.17) is 18.6 Å². The van der Waals surface area contributed by atoms with Crippen LogP contribution in [-0.4, -0.2) is 56.0 Å². The Morgan fingerprint density at radius 2 is 1.20 bits per heavy atom. The minimum atomic E-state index is 0.616. The summed E-state index contributed by atoms with van der Waals surface area (Å²) in [6.45, 7) is 9.21. The molecule has 0 spiro atoms. The molecule has 0 rings (SSSR count). The molecule has 0 heterocycles. The lowest BCUT2D eigenvalue weighted by molar-refractivity contribution is 0.00892. The average Bonchev–Trinajstić information content (AvgIpc) is 2.47. The number of hydrogen-bond acceptors (Lipinski definition) is 4. The highest BCUT2D eigenvalue weighted by Gasteiger charge is 1.93. The predicted octanol–water partition coefficient (Wildman–Crippen LogP) is 3.08. The van der Waals surface area contributed by atoms with Crippen molar-refractivity contribution in [3.63, 3.8) is 0 Å². The van der Waals surface area contributed by atoms with E-state index in [1.165, 1.54) is 25.7 Å². The molecule has 4 nitrogen and oxygen atoms in total. The van der Waals surface area contributed by atoms with Crippen molar-refractivity contribution in [2.75, 3.05) is 46.2 Å². The second-order valence-corrected chi connectivity index (χ2v) is 5.72. The second-order valence-electron chi connectivity index (χ2n) is 4.64. The van der Waals surface area contributed by atoms with Crippen molar-refractivity contribution >= 4 is 9.76 Å². The Hall–Kier alpha value is 0.0569. The summed E-state index contributed by atoms with van der Waals surface area (Å²) >= 11 is 0. The van der Waals surface area contributed by atoms with Gasteiger partial charge in [0.2, 0.25) is 9.76 Å². The Morgan fingerprint density at radius 1 is 0.600 bits per heavy atom. The molecule has 20 heavy (non-hydrogen) atoms. The van der Waals surface area contributed by atoms with Gasteiger partial charge in [-0.2, -0.15) is 0 Å². The summed E-state index contributed by atoms with van der Waals surface area (Å²) in [5, 5.41) is 0. The van der Waals surface area contributed by atoms with Crippen molar-refractivity contribution in [3.8, 4) is 0 Å². The topological polar surface area (TPSA) is 36.9 Å². The van der Waals surface area contributed by atoms with Gasteiger partial charge in [-0.1, -0.05) is 39.5 Å². The SMILES string of the molecule is CCCCCCOCCOCCOCCO[Si]CCC. The van der Waals surface area contributed by atoms with Crippen LogP contribution in [-0.2, 0) is 18.6 Å². The Kier molecular flexibility index (Phi) is 19.1. The maximum Gasteiger partial charge on any atom is 0.229 e. The molecule has 0 bridgehead atoms. The van der Waals surface area contributed by atoms with E-state index in [0.717, 1.165) is 19.1 Å².